The van der Waals surface area contributed by atoms with Crippen LogP contribution in [0.1, 0.15) is 110 Å². The van der Waals surface area contributed by atoms with Gasteiger partial charge in [-0.25, -0.2) is 0 Å². The fourth-order valence-corrected chi connectivity index (χ4v) is 4.55. The molecule has 0 saturated heterocycles. The fourth-order valence-electron chi connectivity index (χ4n) is 3.82. The van der Waals surface area contributed by atoms with Crippen LogP contribution in [-0.2, 0) is 32.7 Å². The number of likely N-dealkylation sites (N-methyl/N-ethyl adjacent to an activating group) is 1. The zero-order chi connectivity index (χ0) is 29.4. The zero-order valence-electron chi connectivity index (χ0n) is 25.0. The van der Waals surface area contributed by atoms with Crippen LogP contribution in [0.25, 0.3) is 0 Å². The number of phosphoric acid groups is 1. The van der Waals surface area contributed by atoms with Gasteiger partial charge in [-0.15, -0.1) is 0 Å². The normalized spacial score (nSPS) is 14.2. The van der Waals surface area contributed by atoms with E-state index in [-0.39, 0.29) is 19.6 Å². The van der Waals surface area contributed by atoms with Crippen LogP contribution in [0.15, 0.2) is 0 Å². The Balaban J connectivity index is 4.12. The van der Waals surface area contributed by atoms with E-state index >= 15 is 0 Å². The van der Waals surface area contributed by atoms with Crippen molar-refractivity contribution in [3.8, 4) is 0 Å². The number of unbranched alkanes of at least 4 members (excludes halogenated alkanes) is 13. The van der Waals surface area contributed by atoms with E-state index in [1.165, 1.54) is 70.6 Å². The van der Waals surface area contributed by atoms with E-state index in [9.17, 15) is 24.2 Å². The minimum atomic E-state index is -4.59. The molecule has 0 fully saturated rings. The Hall–Kier alpha value is -1.03. The number of carbonyl (C=O) groups is 2. The summed E-state index contributed by atoms with van der Waals surface area (Å²) in [5, 5.41) is 10.6. The number of ether oxygens (including phenoxy) is 2. The number of phosphoric ester groups is 1. The third-order valence-electron chi connectivity index (χ3n) is 6.21. The first-order valence-corrected chi connectivity index (χ1v) is 16.3. The Bertz CT molecular complexity index is 670. The molecule has 0 N–H and O–H groups in total. The minimum Gasteiger partial charge on any atom is -0.756 e. The van der Waals surface area contributed by atoms with Crippen LogP contribution in [0.4, 0.5) is 0 Å². The number of esters is 1. The van der Waals surface area contributed by atoms with Gasteiger partial charge in [-0.05, 0) is 12.8 Å². The van der Waals surface area contributed by atoms with Crippen molar-refractivity contribution in [1.82, 2.24) is 0 Å². The van der Waals surface area contributed by atoms with Gasteiger partial charge >= 0.3 is 5.97 Å². The Labute approximate surface area is 236 Å². The van der Waals surface area contributed by atoms with E-state index in [0.717, 1.165) is 19.3 Å². The molecule has 2 atom stereocenters. The molecule has 0 aromatic heterocycles. The lowest BCUT2D eigenvalue weighted by Crippen LogP contribution is -2.37. The molecule has 1 unspecified atom stereocenters. The quantitative estimate of drug-likeness (QED) is 0.0579. The summed E-state index contributed by atoms with van der Waals surface area (Å²) in [6, 6.07) is 0. The number of rotatable bonds is 28. The number of nitrogens with zero attached hydrogens (tertiary/aromatic N) is 1. The number of hydrogen-bond acceptors (Lipinski definition) is 9. The molecule has 0 aromatic rings. The van der Waals surface area contributed by atoms with Gasteiger partial charge in [0.25, 0.3) is 7.82 Å². The van der Waals surface area contributed by atoms with E-state index in [0.29, 0.717) is 17.6 Å². The molecule has 0 rings (SSSR count). The summed E-state index contributed by atoms with van der Waals surface area (Å²) in [5.74, 6) is -2.16. The minimum absolute atomic E-state index is 0.0457. The Morgan fingerprint density at radius 3 is 1.74 bits per heavy atom. The van der Waals surface area contributed by atoms with Gasteiger partial charge in [-0.2, -0.15) is 0 Å². The highest BCUT2D eigenvalue weighted by Gasteiger charge is 2.20. The number of carboxylic acids is 1. The summed E-state index contributed by atoms with van der Waals surface area (Å²) in [6.45, 7) is 2.57. The molecular formula is C28H55NO9P-. The molecule has 0 saturated carbocycles. The average molecular weight is 581 g/mol. The van der Waals surface area contributed by atoms with E-state index in [1.54, 1.807) is 0 Å². The molecule has 39 heavy (non-hydrogen) atoms. The maximum Gasteiger partial charge on any atom is 0.306 e. The first-order chi connectivity index (χ1) is 18.4. The van der Waals surface area contributed by atoms with Crippen molar-refractivity contribution in [2.75, 3.05) is 54.1 Å². The molecule has 0 aromatic carbocycles. The van der Waals surface area contributed by atoms with Crippen LogP contribution >= 0.6 is 7.82 Å². The van der Waals surface area contributed by atoms with Crippen LogP contribution in [0.2, 0.25) is 0 Å². The second-order valence-electron chi connectivity index (χ2n) is 11.2. The van der Waals surface area contributed by atoms with Gasteiger partial charge < -0.3 is 37.8 Å². The summed E-state index contributed by atoms with van der Waals surface area (Å²) in [4.78, 5) is 34.6. The van der Waals surface area contributed by atoms with Crippen LogP contribution in [0, 0.1) is 0 Å². The van der Waals surface area contributed by atoms with Gasteiger partial charge in [-0.3, -0.25) is 9.36 Å². The summed E-state index contributed by atoms with van der Waals surface area (Å²) in [7, 11) is 1.11. The number of carbonyl (C=O) groups excluding carboxylic acids is 2. The monoisotopic (exact) mass is 580 g/mol. The van der Waals surface area contributed by atoms with Crippen molar-refractivity contribution in [1.29, 1.82) is 0 Å². The van der Waals surface area contributed by atoms with E-state index < -0.39 is 38.9 Å². The predicted molar refractivity (Wildman–Crippen MR) is 148 cm³/mol. The van der Waals surface area contributed by atoms with Crippen molar-refractivity contribution < 1.29 is 47.2 Å². The molecule has 0 aliphatic rings. The molecule has 0 spiro atoms. The summed E-state index contributed by atoms with van der Waals surface area (Å²) in [6.07, 6.45) is 15.7. The van der Waals surface area contributed by atoms with Crippen molar-refractivity contribution in [2.24, 2.45) is 0 Å². The lowest BCUT2D eigenvalue weighted by Gasteiger charge is -2.28. The van der Waals surface area contributed by atoms with Gasteiger partial charge in [0.15, 0.2) is 0 Å². The maximum absolute atomic E-state index is 12.1. The first-order valence-electron chi connectivity index (χ1n) is 14.8. The Morgan fingerprint density at radius 1 is 0.744 bits per heavy atom. The average Bonchev–Trinajstić information content (AvgIpc) is 2.84. The third kappa shape index (κ3) is 28.3. The Morgan fingerprint density at radius 2 is 1.26 bits per heavy atom. The molecule has 0 heterocycles. The number of carboxylic acid groups (broad SMARTS) is 1. The van der Waals surface area contributed by atoms with E-state index in [1.807, 2.05) is 21.1 Å². The maximum atomic E-state index is 12.1. The predicted octanol–water partition coefficient (Wildman–Crippen LogP) is 4.13. The second-order valence-corrected chi connectivity index (χ2v) is 12.7. The van der Waals surface area contributed by atoms with Gasteiger partial charge in [0.05, 0.1) is 40.8 Å². The molecule has 0 aliphatic carbocycles. The largest absolute Gasteiger partial charge is 0.756 e. The topological polar surface area (TPSA) is 134 Å². The smallest absolute Gasteiger partial charge is 0.306 e. The number of quaternary nitrogens is 1. The summed E-state index contributed by atoms with van der Waals surface area (Å²) >= 11 is 0. The molecule has 0 amide bonds. The third-order valence-corrected chi connectivity index (χ3v) is 7.17. The molecule has 0 bridgehead atoms. The van der Waals surface area contributed by atoms with Crippen LogP contribution in [0.3, 0.4) is 0 Å². The molecule has 11 heteroatoms. The lowest BCUT2D eigenvalue weighted by atomic mass is 10.0. The van der Waals surface area contributed by atoms with Crippen LogP contribution < -0.4 is 10.00 Å². The Kier molecular flexibility index (Phi) is 23.0. The van der Waals surface area contributed by atoms with Crippen LogP contribution in [-0.4, -0.2) is 76.6 Å². The second kappa shape index (κ2) is 23.7. The van der Waals surface area contributed by atoms with Gasteiger partial charge in [0.2, 0.25) is 0 Å². The summed E-state index contributed by atoms with van der Waals surface area (Å²) in [5.41, 5.74) is 0. The first kappa shape index (κ1) is 38.0. The van der Waals surface area contributed by atoms with Crippen molar-refractivity contribution in [3.63, 3.8) is 0 Å². The van der Waals surface area contributed by atoms with E-state index in [2.05, 4.69) is 6.92 Å². The van der Waals surface area contributed by atoms with Gasteiger partial charge in [-0.1, -0.05) is 90.4 Å². The lowest BCUT2D eigenvalue weighted by molar-refractivity contribution is -0.870. The fraction of sp³-hybridized carbons (Fsp3) is 0.929. The number of aliphatic carboxylic acids is 1. The van der Waals surface area contributed by atoms with Crippen molar-refractivity contribution >= 4 is 19.8 Å². The molecule has 0 radical (unpaired) electrons. The highest BCUT2D eigenvalue weighted by Crippen LogP contribution is 2.38. The highest BCUT2D eigenvalue weighted by molar-refractivity contribution is 7.45. The highest BCUT2D eigenvalue weighted by atomic mass is 31.2. The SMILES string of the molecule is CCCCCCCCCCCCCCCCOC[C@H](COP(=O)([O-])OCC[N+](C)(C)C)OC(=O)CCC(=O)[O-]. The zero-order valence-corrected chi connectivity index (χ0v) is 25.9. The summed E-state index contributed by atoms with van der Waals surface area (Å²) < 4.78 is 33.1. The molecular weight excluding hydrogens is 525 g/mol. The van der Waals surface area contributed by atoms with Crippen molar-refractivity contribution in [3.05, 3.63) is 0 Å². The molecule has 0 aliphatic heterocycles. The molecule has 232 valence electrons. The van der Waals surface area contributed by atoms with Crippen molar-refractivity contribution in [2.45, 2.75) is 116 Å². The van der Waals surface area contributed by atoms with E-state index in [4.69, 9.17) is 18.5 Å². The standard InChI is InChI=1S/C28H56NO9P/c1-5-6-7-8-9-10-11-12-13-14-15-16-17-18-22-35-24-26(38-28(32)20-19-27(30)31)25-37-39(33,34)36-23-21-29(2,3)4/h26H,5-25H2,1-4H3,(H-,30,31,33,34)/p-1/t26-/m1/s1. The molecule has 10 nitrogen and oxygen atoms in total. The van der Waals surface area contributed by atoms with Gasteiger partial charge in [0, 0.05) is 12.6 Å². The van der Waals surface area contributed by atoms with Gasteiger partial charge in [0.1, 0.15) is 19.3 Å². The number of hydrogen-bond donors (Lipinski definition) is 0. The van der Waals surface area contributed by atoms with Crippen LogP contribution in [0.5, 0.6) is 0 Å².